The molecule has 2 aromatic carbocycles. The third-order valence-corrected chi connectivity index (χ3v) is 7.31. The smallest absolute Gasteiger partial charge is 0.267 e. The van der Waals surface area contributed by atoms with Crippen molar-refractivity contribution in [2.45, 2.75) is 18.7 Å². The number of hydrogen-bond donors (Lipinski definition) is 0. The van der Waals surface area contributed by atoms with Crippen LogP contribution in [-0.4, -0.2) is 38.3 Å². The molecule has 0 radical (unpaired) electrons. The largest absolute Gasteiger partial charge is 0.371 e. The number of sulfonamides is 1. The van der Waals surface area contributed by atoms with Crippen LogP contribution in [0.2, 0.25) is 0 Å². The lowest BCUT2D eigenvalue weighted by atomic mass is 10.1. The van der Waals surface area contributed by atoms with E-state index in [9.17, 15) is 8.42 Å². The summed E-state index contributed by atoms with van der Waals surface area (Å²) >= 11 is 0. The zero-order valence-corrected chi connectivity index (χ0v) is 17.7. The molecule has 0 atom stereocenters. The van der Waals surface area contributed by atoms with Crippen LogP contribution in [0.15, 0.2) is 47.6 Å². The molecule has 0 saturated heterocycles. The molecule has 2 heterocycles. The van der Waals surface area contributed by atoms with Crippen molar-refractivity contribution in [1.29, 1.82) is 0 Å². The van der Waals surface area contributed by atoms with Crippen molar-refractivity contribution < 1.29 is 12.8 Å². The summed E-state index contributed by atoms with van der Waals surface area (Å²) < 4.78 is 45.2. The number of likely N-dealkylation sites (N-methyl/N-ethyl adjacent to an activating group) is 1. The van der Waals surface area contributed by atoms with Crippen LogP contribution < -0.4 is 9.21 Å². The molecule has 1 aliphatic rings. The fraction of sp³-hybridized carbons (Fsp3) is 0.286. The van der Waals surface area contributed by atoms with Crippen LogP contribution in [0.4, 0.5) is 15.8 Å². The monoisotopic (exact) mass is 414 g/mol. The zero-order valence-electron chi connectivity index (χ0n) is 16.8. The highest BCUT2D eigenvalue weighted by atomic mass is 32.2. The molecule has 0 unspecified atom stereocenters. The molecule has 4 rings (SSSR count). The van der Waals surface area contributed by atoms with Gasteiger partial charge in [-0.1, -0.05) is 12.1 Å². The van der Waals surface area contributed by atoms with E-state index in [4.69, 9.17) is 0 Å². The second-order valence-corrected chi connectivity index (χ2v) is 9.25. The number of hydrogen-bond acceptors (Lipinski definition) is 4. The van der Waals surface area contributed by atoms with E-state index in [0.717, 1.165) is 16.8 Å². The fourth-order valence-corrected chi connectivity index (χ4v) is 5.69. The molecule has 8 heteroatoms. The first kappa shape index (κ1) is 19.4. The number of benzene rings is 2. The molecule has 29 heavy (non-hydrogen) atoms. The van der Waals surface area contributed by atoms with Gasteiger partial charge >= 0.3 is 0 Å². The maximum atomic E-state index is 15.2. The molecule has 0 N–H and O–H groups in total. The van der Waals surface area contributed by atoms with E-state index in [-0.39, 0.29) is 11.4 Å². The molecular weight excluding hydrogens is 391 g/mol. The molecule has 0 spiro atoms. The topological polar surface area (TPSA) is 58.4 Å². The summed E-state index contributed by atoms with van der Waals surface area (Å²) in [6.07, 6.45) is 3.39. The highest BCUT2D eigenvalue weighted by molar-refractivity contribution is 7.93. The number of halogens is 1. The second-order valence-electron chi connectivity index (χ2n) is 7.45. The summed E-state index contributed by atoms with van der Waals surface area (Å²) in [7, 11) is -0.362. The number of para-hydroxylation sites is 1. The van der Waals surface area contributed by atoms with Crippen molar-refractivity contribution >= 4 is 21.4 Å². The van der Waals surface area contributed by atoms with Crippen molar-refractivity contribution in [2.75, 3.05) is 29.3 Å². The van der Waals surface area contributed by atoms with Crippen molar-refractivity contribution in [1.82, 2.24) is 9.78 Å². The van der Waals surface area contributed by atoms with Gasteiger partial charge in [0.1, 0.15) is 10.7 Å². The lowest BCUT2D eigenvalue weighted by molar-refractivity contribution is 0.560. The van der Waals surface area contributed by atoms with Crippen LogP contribution >= 0.6 is 0 Å². The summed E-state index contributed by atoms with van der Waals surface area (Å²) in [5.41, 5.74) is 3.98. The van der Waals surface area contributed by atoms with E-state index in [0.29, 0.717) is 23.4 Å². The van der Waals surface area contributed by atoms with Gasteiger partial charge in [0.2, 0.25) is 0 Å². The van der Waals surface area contributed by atoms with E-state index in [1.807, 2.05) is 37.1 Å². The average molecular weight is 415 g/mol. The van der Waals surface area contributed by atoms with Gasteiger partial charge < -0.3 is 4.90 Å². The van der Waals surface area contributed by atoms with Crippen LogP contribution in [0.5, 0.6) is 0 Å². The van der Waals surface area contributed by atoms with Gasteiger partial charge in [-0.25, -0.2) is 12.8 Å². The first-order valence-electron chi connectivity index (χ1n) is 9.33. The minimum Gasteiger partial charge on any atom is -0.371 e. The Kier molecular flexibility index (Phi) is 4.61. The van der Waals surface area contributed by atoms with Crippen LogP contribution in [-0.2, 0) is 17.1 Å². The molecule has 0 saturated carbocycles. The maximum Gasteiger partial charge on any atom is 0.267 e. The van der Waals surface area contributed by atoms with Crippen molar-refractivity contribution in [2.24, 2.45) is 7.05 Å². The second kappa shape index (κ2) is 6.88. The third-order valence-electron chi connectivity index (χ3n) is 5.33. The van der Waals surface area contributed by atoms with E-state index in [1.54, 1.807) is 37.1 Å². The molecule has 1 aliphatic heterocycles. The van der Waals surface area contributed by atoms with Gasteiger partial charge in [0.05, 0.1) is 24.1 Å². The predicted octanol–water partition coefficient (Wildman–Crippen LogP) is 3.49. The number of rotatable bonds is 3. The van der Waals surface area contributed by atoms with Gasteiger partial charge in [0, 0.05) is 32.4 Å². The summed E-state index contributed by atoms with van der Waals surface area (Å²) in [6.45, 7) is 4.30. The Labute approximate surface area is 170 Å². The highest BCUT2D eigenvalue weighted by Crippen LogP contribution is 2.39. The number of aryl methyl sites for hydroxylation is 3. The third kappa shape index (κ3) is 3.17. The Balaban J connectivity index is 1.84. The number of aromatic nitrogens is 2. The number of fused-ring (bicyclic) bond motifs is 1. The molecule has 3 aromatic rings. The summed E-state index contributed by atoms with van der Waals surface area (Å²) in [4.78, 5) is 1.74. The molecule has 0 fully saturated rings. The maximum absolute atomic E-state index is 15.2. The average Bonchev–Trinajstić information content (AvgIpc) is 3.08. The Bertz CT molecular complexity index is 1180. The van der Waals surface area contributed by atoms with Crippen LogP contribution in [0.1, 0.15) is 11.1 Å². The van der Waals surface area contributed by atoms with Gasteiger partial charge in [-0.05, 0) is 48.7 Å². The van der Waals surface area contributed by atoms with E-state index < -0.39 is 15.8 Å². The fourth-order valence-electron chi connectivity index (χ4n) is 3.89. The lowest BCUT2D eigenvalue weighted by Crippen LogP contribution is -2.43. The number of nitrogens with zero attached hydrogens (tertiary/aromatic N) is 4. The van der Waals surface area contributed by atoms with Crippen molar-refractivity contribution in [3.63, 3.8) is 0 Å². The SMILES string of the molecule is Cc1cccc2c1N(S(=O)(=O)c1c(C)cc(-c3cnn(C)c3)cc1F)CCN2C. The standard InChI is InChI=1S/C21H23FN4O2S/c1-14-6-5-7-19-20(14)26(9-8-24(19)3)29(27,28)21-15(2)10-16(11-18(21)22)17-12-23-25(4)13-17/h5-7,10-13H,8-9H2,1-4H3. The predicted molar refractivity (Wildman–Crippen MR) is 112 cm³/mol. The quantitative estimate of drug-likeness (QED) is 0.658. The highest BCUT2D eigenvalue weighted by Gasteiger charge is 2.35. The number of anilines is 2. The van der Waals surface area contributed by atoms with Gasteiger partial charge in [-0.2, -0.15) is 5.10 Å². The minimum absolute atomic E-state index is 0.264. The van der Waals surface area contributed by atoms with Crippen LogP contribution in [0, 0.1) is 19.7 Å². The summed E-state index contributed by atoms with van der Waals surface area (Å²) in [6, 6.07) is 8.62. The molecule has 6 nitrogen and oxygen atoms in total. The van der Waals surface area contributed by atoms with Crippen LogP contribution in [0.25, 0.3) is 11.1 Å². The van der Waals surface area contributed by atoms with Crippen molar-refractivity contribution in [3.8, 4) is 11.1 Å². The molecule has 1 aromatic heterocycles. The summed E-state index contributed by atoms with van der Waals surface area (Å²) in [5.74, 6) is -0.752. The molecule has 152 valence electrons. The Morgan fingerprint density at radius 2 is 1.79 bits per heavy atom. The van der Waals surface area contributed by atoms with E-state index >= 15 is 4.39 Å². The molecule has 0 amide bonds. The first-order valence-corrected chi connectivity index (χ1v) is 10.8. The van der Waals surface area contributed by atoms with Gasteiger partial charge in [0.15, 0.2) is 0 Å². The van der Waals surface area contributed by atoms with Crippen molar-refractivity contribution in [3.05, 3.63) is 59.7 Å². The normalized spacial score (nSPS) is 14.2. The van der Waals surface area contributed by atoms with Gasteiger partial charge in [-0.3, -0.25) is 8.99 Å². The molecule has 0 aliphatic carbocycles. The minimum atomic E-state index is -4.07. The van der Waals surface area contributed by atoms with E-state index in [2.05, 4.69) is 5.10 Å². The zero-order chi connectivity index (χ0) is 20.9. The Hall–Kier alpha value is -2.87. The van der Waals surface area contributed by atoms with Gasteiger partial charge in [-0.15, -0.1) is 0 Å². The lowest BCUT2D eigenvalue weighted by Gasteiger charge is -2.37. The van der Waals surface area contributed by atoms with Gasteiger partial charge in [0.25, 0.3) is 10.0 Å². The Morgan fingerprint density at radius 3 is 2.45 bits per heavy atom. The Morgan fingerprint density at radius 1 is 1.03 bits per heavy atom. The molecule has 0 bridgehead atoms. The molecular formula is C21H23FN4O2S. The van der Waals surface area contributed by atoms with Crippen LogP contribution in [0.3, 0.4) is 0 Å². The van der Waals surface area contributed by atoms with E-state index in [1.165, 1.54) is 10.4 Å². The summed E-state index contributed by atoms with van der Waals surface area (Å²) in [5, 5.41) is 4.10. The first-order chi connectivity index (χ1) is 13.7.